The predicted octanol–water partition coefficient (Wildman–Crippen LogP) is 6.89. The molecule has 1 N–H and O–H groups in total. The number of alkyl halides is 3. The minimum Gasteiger partial charge on any atom is -0.497 e. The Morgan fingerprint density at radius 3 is 2.23 bits per heavy atom. The van der Waals surface area contributed by atoms with Crippen molar-refractivity contribution in [3.8, 4) is 17.0 Å². The monoisotopic (exact) mass is 418 g/mol. The van der Waals surface area contributed by atoms with Crippen molar-refractivity contribution in [2.45, 2.75) is 6.18 Å². The summed E-state index contributed by atoms with van der Waals surface area (Å²) in [5.74, 6) is 0.721. The molecule has 0 aliphatic heterocycles. The summed E-state index contributed by atoms with van der Waals surface area (Å²) in [5, 5.41) is 5.12. The van der Waals surface area contributed by atoms with Gasteiger partial charge in [0.05, 0.1) is 28.4 Å². The molecule has 136 valence electrons. The maximum absolute atomic E-state index is 12.8. The maximum atomic E-state index is 12.8. The molecule has 0 aliphatic carbocycles. The highest BCUT2D eigenvalue weighted by atomic mass is 35.5. The van der Waals surface area contributed by atoms with Crippen molar-refractivity contribution in [1.29, 1.82) is 0 Å². The summed E-state index contributed by atoms with van der Waals surface area (Å²) in [5.41, 5.74) is 0.550. The van der Waals surface area contributed by atoms with Crippen molar-refractivity contribution in [3.05, 3.63) is 57.4 Å². The molecule has 26 heavy (non-hydrogen) atoms. The lowest BCUT2D eigenvalue weighted by molar-refractivity contribution is -0.137. The molecule has 3 rings (SSSR count). The summed E-state index contributed by atoms with van der Waals surface area (Å²) in [6.07, 6.45) is -4.52. The minimum absolute atomic E-state index is 0.105. The van der Waals surface area contributed by atoms with Crippen LogP contribution in [0.2, 0.25) is 10.0 Å². The maximum Gasteiger partial charge on any atom is 0.416 e. The van der Waals surface area contributed by atoms with Crippen LogP contribution >= 0.6 is 34.5 Å². The van der Waals surface area contributed by atoms with E-state index in [2.05, 4.69) is 10.3 Å². The van der Waals surface area contributed by atoms with Crippen LogP contribution < -0.4 is 10.1 Å². The molecule has 0 saturated carbocycles. The largest absolute Gasteiger partial charge is 0.497 e. The smallest absolute Gasteiger partial charge is 0.416 e. The molecule has 3 nitrogen and oxygen atoms in total. The molecule has 0 atom stereocenters. The molecule has 1 aromatic heterocycles. The fourth-order valence-corrected chi connectivity index (χ4v) is 3.63. The van der Waals surface area contributed by atoms with E-state index in [4.69, 9.17) is 27.9 Å². The van der Waals surface area contributed by atoms with Crippen molar-refractivity contribution in [1.82, 2.24) is 4.98 Å². The van der Waals surface area contributed by atoms with Gasteiger partial charge in [-0.3, -0.25) is 0 Å². The predicted molar refractivity (Wildman–Crippen MR) is 98.8 cm³/mol. The Bertz CT molecular complexity index is 903. The van der Waals surface area contributed by atoms with E-state index in [1.165, 1.54) is 11.3 Å². The van der Waals surface area contributed by atoms with Gasteiger partial charge in [-0.1, -0.05) is 23.2 Å². The zero-order valence-corrected chi connectivity index (χ0v) is 15.5. The first-order valence-corrected chi connectivity index (χ1v) is 8.84. The van der Waals surface area contributed by atoms with Crippen LogP contribution in [0.1, 0.15) is 5.56 Å². The molecule has 0 aliphatic rings. The summed E-state index contributed by atoms with van der Waals surface area (Å²) in [6.45, 7) is 0. The van der Waals surface area contributed by atoms with E-state index in [1.807, 2.05) is 12.1 Å². The number of hydrogen-bond donors (Lipinski definition) is 1. The number of methoxy groups -OCH3 is 1. The standard InChI is InChI=1S/C17H11Cl2F3N2OS/c1-25-11-4-2-10(3-5-11)23-16-24-14(8-26-16)15-12(18)6-9(7-13(15)19)17(20,21)22/h2-8H,1H3,(H,23,24). The number of rotatable bonds is 4. The molecule has 2 aromatic carbocycles. The minimum atomic E-state index is -4.52. The molecule has 0 spiro atoms. The van der Waals surface area contributed by atoms with E-state index in [-0.39, 0.29) is 15.6 Å². The number of hydrogen-bond acceptors (Lipinski definition) is 4. The zero-order valence-electron chi connectivity index (χ0n) is 13.2. The van der Waals surface area contributed by atoms with Crippen LogP contribution in [-0.4, -0.2) is 12.1 Å². The van der Waals surface area contributed by atoms with Crippen LogP contribution in [0.5, 0.6) is 5.75 Å². The summed E-state index contributed by atoms with van der Waals surface area (Å²) >= 11 is 13.3. The quantitative estimate of drug-likeness (QED) is 0.500. The fraction of sp³-hybridized carbons (Fsp3) is 0.118. The number of halogens is 5. The van der Waals surface area contributed by atoms with Gasteiger partial charge in [0.15, 0.2) is 5.13 Å². The van der Waals surface area contributed by atoms with Crippen molar-refractivity contribution < 1.29 is 17.9 Å². The van der Waals surface area contributed by atoms with Crippen LogP contribution in [0.15, 0.2) is 41.8 Å². The molecule has 0 fully saturated rings. The molecule has 1 heterocycles. The van der Waals surface area contributed by atoms with Crippen molar-refractivity contribution >= 4 is 45.4 Å². The van der Waals surface area contributed by atoms with Crippen LogP contribution in [0.25, 0.3) is 11.3 Å². The van der Waals surface area contributed by atoms with Gasteiger partial charge >= 0.3 is 6.18 Å². The van der Waals surface area contributed by atoms with Crippen molar-refractivity contribution in [2.24, 2.45) is 0 Å². The van der Waals surface area contributed by atoms with Gasteiger partial charge in [0.25, 0.3) is 0 Å². The molecule has 3 aromatic rings. The number of nitrogens with zero attached hydrogens (tertiary/aromatic N) is 1. The highest BCUT2D eigenvalue weighted by Crippen LogP contribution is 2.41. The Kier molecular flexibility index (Phi) is 5.32. The number of anilines is 2. The third-order valence-corrected chi connectivity index (χ3v) is 4.82. The summed E-state index contributed by atoms with van der Waals surface area (Å²) < 4.78 is 43.6. The van der Waals surface area contributed by atoms with Gasteiger partial charge in [-0.25, -0.2) is 4.98 Å². The topological polar surface area (TPSA) is 34.1 Å². The molecule has 0 amide bonds. The molecule has 0 unspecified atom stereocenters. The van der Waals surface area contributed by atoms with E-state index in [0.29, 0.717) is 10.8 Å². The fourth-order valence-electron chi connectivity index (χ4n) is 2.23. The number of benzene rings is 2. The number of aromatic nitrogens is 1. The van der Waals surface area contributed by atoms with Crippen LogP contribution in [0.4, 0.5) is 24.0 Å². The first-order chi connectivity index (χ1) is 12.3. The lowest BCUT2D eigenvalue weighted by Gasteiger charge is -2.11. The summed E-state index contributed by atoms with van der Waals surface area (Å²) in [6, 6.07) is 8.91. The van der Waals surface area contributed by atoms with E-state index in [9.17, 15) is 13.2 Å². The number of nitrogens with one attached hydrogen (secondary N) is 1. The van der Waals surface area contributed by atoms with E-state index < -0.39 is 11.7 Å². The van der Waals surface area contributed by atoms with Crippen molar-refractivity contribution in [2.75, 3.05) is 12.4 Å². The van der Waals surface area contributed by atoms with Gasteiger partial charge in [0, 0.05) is 16.6 Å². The average molecular weight is 419 g/mol. The van der Waals surface area contributed by atoms with Gasteiger partial charge in [0.2, 0.25) is 0 Å². The van der Waals surface area contributed by atoms with E-state index in [0.717, 1.165) is 23.6 Å². The van der Waals surface area contributed by atoms with Crippen LogP contribution in [0, 0.1) is 0 Å². The molecule has 9 heteroatoms. The first-order valence-electron chi connectivity index (χ1n) is 7.21. The molecule has 0 radical (unpaired) electrons. The number of thiazole rings is 1. The Morgan fingerprint density at radius 2 is 1.69 bits per heavy atom. The van der Waals surface area contributed by atoms with Gasteiger partial charge in [-0.15, -0.1) is 11.3 Å². The molecule has 0 bridgehead atoms. The normalized spacial score (nSPS) is 11.5. The Morgan fingerprint density at radius 1 is 1.08 bits per heavy atom. The van der Waals surface area contributed by atoms with Gasteiger partial charge in [-0.05, 0) is 36.4 Å². The summed E-state index contributed by atoms with van der Waals surface area (Å²) in [4.78, 5) is 4.36. The molecule has 0 saturated heterocycles. The number of ether oxygens (including phenoxy) is 1. The van der Waals surface area contributed by atoms with Gasteiger partial charge < -0.3 is 10.1 Å². The van der Waals surface area contributed by atoms with E-state index in [1.54, 1.807) is 24.6 Å². The molecular weight excluding hydrogens is 408 g/mol. The second-order valence-electron chi connectivity index (χ2n) is 5.20. The third kappa shape index (κ3) is 4.06. The highest BCUT2D eigenvalue weighted by molar-refractivity contribution is 7.14. The summed E-state index contributed by atoms with van der Waals surface area (Å²) in [7, 11) is 1.58. The SMILES string of the molecule is COc1ccc(Nc2nc(-c3c(Cl)cc(C(F)(F)F)cc3Cl)cs2)cc1. The van der Waals surface area contributed by atoms with Gasteiger partial charge in [-0.2, -0.15) is 13.2 Å². The lowest BCUT2D eigenvalue weighted by Crippen LogP contribution is -2.05. The lowest BCUT2D eigenvalue weighted by atomic mass is 10.1. The van der Waals surface area contributed by atoms with Crippen molar-refractivity contribution in [3.63, 3.8) is 0 Å². The molecular formula is C17H11Cl2F3N2OS. The first kappa shape index (κ1) is 18.8. The Hall–Kier alpha value is -1.96. The van der Waals surface area contributed by atoms with Crippen LogP contribution in [0.3, 0.4) is 0 Å². The van der Waals surface area contributed by atoms with Gasteiger partial charge in [0.1, 0.15) is 5.75 Å². The second-order valence-corrected chi connectivity index (χ2v) is 6.88. The zero-order chi connectivity index (χ0) is 18.9. The van der Waals surface area contributed by atoms with Crippen LogP contribution in [-0.2, 0) is 6.18 Å². The Balaban J connectivity index is 1.87. The second kappa shape index (κ2) is 7.34. The van der Waals surface area contributed by atoms with E-state index >= 15 is 0 Å². The Labute approximate surface area is 161 Å². The third-order valence-electron chi connectivity index (χ3n) is 3.47. The highest BCUT2D eigenvalue weighted by Gasteiger charge is 2.32. The average Bonchev–Trinajstić information content (AvgIpc) is 3.02.